The Labute approximate surface area is 265 Å². The molecule has 1 amide bonds. The molecule has 0 aromatic heterocycles. The number of halogens is 9. The van der Waals surface area contributed by atoms with Crippen LogP contribution in [0.2, 0.25) is 0 Å². The third kappa shape index (κ3) is 10.8. The highest BCUT2D eigenvalue weighted by atomic mass is 19.4. The van der Waals surface area contributed by atoms with Crippen LogP contribution in [-0.2, 0) is 29.8 Å². The molecule has 2 aliphatic rings. The van der Waals surface area contributed by atoms with Gasteiger partial charge < -0.3 is 4.74 Å². The number of rotatable bonds is 4. The van der Waals surface area contributed by atoms with Gasteiger partial charge in [0.15, 0.2) is 0 Å². The van der Waals surface area contributed by atoms with Crippen molar-refractivity contribution < 1.29 is 49.0 Å². The zero-order valence-corrected chi connectivity index (χ0v) is 27.3. The molecule has 2 unspecified atom stereocenters. The molecule has 3 nitrogen and oxygen atoms in total. The van der Waals surface area contributed by atoms with Gasteiger partial charge in [-0.3, -0.25) is 4.90 Å². The first-order chi connectivity index (χ1) is 21.1. The predicted molar refractivity (Wildman–Crippen MR) is 159 cm³/mol. The van der Waals surface area contributed by atoms with E-state index in [0.717, 1.165) is 34.8 Å². The van der Waals surface area contributed by atoms with Crippen molar-refractivity contribution in [3.8, 4) is 0 Å². The quantitative estimate of drug-likeness (QED) is 0.303. The molecule has 2 aromatic carbocycles. The fourth-order valence-corrected chi connectivity index (χ4v) is 5.46. The lowest BCUT2D eigenvalue weighted by Gasteiger charge is -2.28. The summed E-state index contributed by atoms with van der Waals surface area (Å²) in [6, 6.07) is 2.70. The summed E-state index contributed by atoms with van der Waals surface area (Å²) in [6.07, 6.45) is -10.2. The van der Waals surface area contributed by atoms with Gasteiger partial charge in [0, 0.05) is 6.54 Å². The van der Waals surface area contributed by atoms with Crippen LogP contribution in [0.4, 0.5) is 44.3 Å². The number of carbonyl (C=O) groups excluding carboxylic acids is 1. The highest BCUT2D eigenvalue weighted by Crippen LogP contribution is 2.41. The Morgan fingerprint density at radius 2 is 1.26 bits per heavy atom. The van der Waals surface area contributed by atoms with Crippen molar-refractivity contribution in [1.82, 2.24) is 4.90 Å². The highest BCUT2D eigenvalue weighted by molar-refractivity contribution is 5.71. The number of alkyl halides is 9. The predicted octanol–water partition coefficient (Wildman–Crippen LogP) is 12.0. The minimum absolute atomic E-state index is 0.0469. The molecule has 260 valence electrons. The lowest BCUT2D eigenvalue weighted by atomic mass is 9.78. The molecule has 1 saturated carbocycles. The molecule has 0 N–H and O–H groups in total. The van der Waals surface area contributed by atoms with E-state index in [1.165, 1.54) is 52.0 Å². The Morgan fingerprint density at radius 3 is 1.70 bits per heavy atom. The monoisotopic (exact) mass is 669 g/mol. The zero-order chi connectivity index (χ0) is 35.2. The maximum absolute atomic E-state index is 13.2. The molecular formula is C34H44F9NO2. The fraction of sp³-hybridized carbons (Fsp3) is 0.618. The molecule has 1 aliphatic carbocycles. The van der Waals surface area contributed by atoms with Crippen LogP contribution in [0.5, 0.6) is 0 Å². The maximum Gasteiger partial charge on any atom is 0.416 e. The summed E-state index contributed by atoms with van der Waals surface area (Å²) in [5.41, 5.74) is -4.11. The first kappa shape index (κ1) is 39.3. The van der Waals surface area contributed by atoms with E-state index in [9.17, 15) is 44.3 Å². The zero-order valence-electron chi connectivity index (χ0n) is 27.3. The van der Waals surface area contributed by atoms with E-state index in [2.05, 4.69) is 34.6 Å². The third-order valence-electron chi connectivity index (χ3n) is 8.35. The molecule has 0 radical (unpaired) electrons. The number of cyclic esters (lactones) is 1. The van der Waals surface area contributed by atoms with Gasteiger partial charge in [-0.2, -0.15) is 39.5 Å². The van der Waals surface area contributed by atoms with Crippen LogP contribution in [0.3, 0.4) is 0 Å². The molecule has 4 rings (SSSR count). The Hall–Kier alpha value is -2.92. The number of hydrogen-bond donors (Lipinski definition) is 0. The maximum atomic E-state index is 13.2. The Kier molecular flexibility index (Phi) is 13.5. The molecule has 2 atom stereocenters. The summed E-state index contributed by atoms with van der Waals surface area (Å²) < 4.78 is 123. The Bertz CT molecular complexity index is 1240. The van der Waals surface area contributed by atoms with Crippen molar-refractivity contribution in [2.75, 3.05) is 0 Å². The van der Waals surface area contributed by atoms with Crippen LogP contribution < -0.4 is 0 Å². The number of amides is 1. The van der Waals surface area contributed by atoms with Crippen LogP contribution in [0.1, 0.15) is 113 Å². The van der Waals surface area contributed by atoms with Crippen LogP contribution in [-0.4, -0.2) is 17.0 Å². The molecule has 0 spiro atoms. The van der Waals surface area contributed by atoms with Gasteiger partial charge in [-0.15, -0.1) is 0 Å². The SMILES string of the molecule is CC1CCC(C(C)C)CC1.CCC.Cc1ccc(C(F)(F)F)cc1CN1C(=O)OC(c2cc(C(F)(F)F)cc(C(F)(F)F)c2)C1C. The Balaban J connectivity index is 0.000000473. The smallest absolute Gasteiger partial charge is 0.416 e. The second-order valence-corrected chi connectivity index (χ2v) is 12.6. The van der Waals surface area contributed by atoms with Gasteiger partial charge in [0.1, 0.15) is 6.10 Å². The van der Waals surface area contributed by atoms with E-state index in [0.29, 0.717) is 17.7 Å². The van der Waals surface area contributed by atoms with Crippen molar-refractivity contribution in [3.63, 3.8) is 0 Å². The third-order valence-corrected chi connectivity index (χ3v) is 8.35. The first-order valence-corrected chi connectivity index (χ1v) is 15.5. The van der Waals surface area contributed by atoms with Crippen LogP contribution in [0.15, 0.2) is 36.4 Å². The molecular weight excluding hydrogens is 625 g/mol. The summed E-state index contributed by atoms with van der Waals surface area (Å²) in [7, 11) is 0. The Morgan fingerprint density at radius 1 is 0.783 bits per heavy atom. The molecule has 2 fully saturated rings. The van der Waals surface area contributed by atoms with Gasteiger partial charge >= 0.3 is 24.6 Å². The summed E-state index contributed by atoms with van der Waals surface area (Å²) in [5.74, 6) is 2.97. The van der Waals surface area contributed by atoms with E-state index in [4.69, 9.17) is 4.74 Å². The van der Waals surface area contributed by atoms with Gasteiger partial charge in [-0.25, -0.2) is 4.79 Å². The lowest BCUT2D eigenvalue weighted by molar-refractivity contribution is -0.143. The number of benzene rings is 2. The number of carbonyl (C=O) groups is 1. The van der Waals surface area contributed by atoms with Crippen molar-refractivity contribution >= 4 is 6.09 Å². The van der Waals surface area contributed by atoms with Crippen molar-refractivity contribution in [2.24, 2.45) is 17.8 Å². The number of hydrogen-bond acceptors (Lipinski definition) is 2. The summed E-state index contributed by atoms with van der Waals surface area (Å²) >= 11 is 0. The van der Waals surface area contributed by atoms with E-state index >= 15 is 0 Å². The van der Waals surface area contributed by atoms with Gasteiger partial charge in [0.25, 0.3) is 0 Å². The van der Waals surface area contributed by atoms with Crippen molar-refractivity contribution in [3.05, 3.63) is 69.8 Å². The van der Waals surface area contributed by atoms with Crippen LogP contribution in [0.25, 0.3) is 0 Å². The van der Waals surface area contributed by atoms with Gasteiger partial charge in [0.2, 0.25) is 0 Å². The largest absolute Gasteiger partial charge is 0.439 e. The summed E-state index contributed by atoms with van der Waals surface area (Å²) in [6.45, 7) is 13.8. The molecule has 0 bridgehead atoms. The fourth-order valence-electron chi connectivity index (χ4n) is 5.46. The van der Waals surface area contributed by atoms with Crippen LogP contribution >= 0.6 is 0 Å². The first-order valence-electron chi connectivity index (χ1n) is 15.5. The molecule has 46 heavy (non-hydrogen) atoms. The summed E-state index contributed by atoms with van der Waals surface area (Å²) in [5, 5.41) is 0. The van der Waals surface area contributed by atoms with Gasteiger partial charge in [-0.05, 0) is 91.5 Å². The number of aryl methyl sites for hydroxylation is 1. The topological polar surface area (TPSA) is 29.5 Å². The molecule has 12 heteroatoms. The van der Waals surface area contributed by atoms with Gasteiger partial charge in [-0.1, -0.05) is 59.9 Å². The highest BCUT2D eigenvalue weighted by Gasteiger charge is 2.43. The minimum atomic E-state index is -5.09. The normalized spacial score (nSPS) is 22.1. The number of nitrogens with zero attached hydrogens (tertiary/aromatic N) is 1. The minimum Gasteiger partial charge on any atom is -0.439 e. The lowest BCUT2D eigenvalue weighted by Crippen LogP contribution is -2.32. The van der Waals surface area contributed by atoms with E-state index < -0.39 is 59.0 Å². The van der Waals surface area contributed by atoms with Gasteiger partial charge in [0.05, 0.1) is 22.7 Å². The standard InChI is InChI=1S/C21H16F9NO2.C10H20.C3H8/c1-10-3-4-14(19(22,23)24)7-13(10)9-31-11(2)17(33-18(31)32)12-5-15(20(25,26)27)8-16(6-12)21(28,29)30;1-8(2)10-6-4-9(3)5-7-10;1-3-2/h3-8,11,17H,9H2,1-2H3;8-10H,4-7H2,1-3H3;3H2,1-2H3. The van der Waals surface area contributed by atoms with E-state index in [-0.39, 0.29) is 18.2 Å². The van der Waals surface area contributed by atoms with Crippen LogP contribution in [0, 0.1) is 24.7 Å². The number of ether oxygens (including phenoxy) is 1. The van der Waals surface area contributed by atoms with E-state index in [1.54, 1.807) is 0 Å². The molecule has 1 saturated heterocycles. The molecule has 1 heterocycles. The average molecular weight is 670 g/mol. The second kappa shape index (κ2) is 15.8. The second-order valence-electron chi connectivity index (χ2n) is 12.6. The van der Waals surface area contributed by atoms with Crippen molar-refractivity contribution in [1.29, 1.82) is 0 Å². The average Bonchev–Trinajstić information content (AvgIpc) is 3.22. The summed E-state index contributed by atoms with van der Waals surface area (Å²) in [4.78, 5) is 13.3. The van der Waals surface area contributed by atoms with Crippen molar-refractivity contribution in [2.45, 2.75) is 118 Å². The molecule has 1 aliphatic heterocycles. The molecule has 2 aromatic rings. The van der Waals surface area contributed by atoms with E-state index in [1.807, 2.05) is 0 Å².